The van der Waals surface area contributed by atoms with E-state index in [-0.39, 0.29) is 22.4 Å². The standard InChI is InChI=1S/C29H25F6N5O2/c1-16-36-13-20(14-37-16)18-4-7-21(8-5-18)27(29(33,34)35)10-22(24-9-6-19(12-38-24)17-2-3-17)23(26(42)40-27)15-39-25(41)11-28(30,31)32/h4-9,12-14,17H,2-3,10-11,15H2,1H3,(H,39,41)(H,40,42). The second-order valence-electron chi connectivity index (χ2n) is 10.4. The van der Waals surface area contributed by atoms with Crippen molar-refractivity contribution in [3.8, 4) is 11.1 Å². The van der Waals surface area contributed by atoms with Crippen LogP contribution in [-0.4, -0.2) is 45.7 Å². The van der Waals surface area contributed by atoms with Crippen LogP contribution in [0, 0.1) is 6.92 Å². The predicted octanol–water partition coefficient (Wildman–Crippen LogP) is 5.52. The van der Waals surface area contributed by atoms with Crippen molar-refractivity contribution in [3.63, 3.8) is 0 Å². The third-order valence-corrected chi connectivity index (χ3v) is 7.35. The number of benzene rings is 1. The van der Waals surface area contributed by atoms with Gasteiger partial charge in [0.1, 0.15) is 12.2 Å². The molecule has 220 valence electrons. The number of amides is 2. The number of nitrogens with zero attached hydrogens (tertiary/aromatic N) is 3. The molecular formula is C29H25F6N5O2. The zero-order valence-electron chi connectivity index (χ0n) is 22.2. The lowest BCUT2D eigenvalue weighted by Crippen LogP contribution is -2.59. The Bertz CT molecular complexity index is 1510. The van der Waals surface area contributed by atoms with Gasteiger partial charge in [-0.25, -0.2) is 9.97 Å². The Balaban J connectivity index is 1.54. The number of hydrogen-bond acceptors (Lipinski definition) is 5. The maximum atomic E-state index is 14.9. The summed E-state index contributed by atoms with van der Waals surface area (Å²) in [6.45, 7) is 0.990. The second-order valence-corrected chi connectivity index (χ2v) is 10.4. The minimum absolute atomic E-state index is 0.0661. The maximum Gasteiger partial charge on any atom is 0.416 e. The topological polar surface area (TPSA) is 96.9 Å². The fourth-order valence-electron chi connectivity index (χ4n) is 4.93. The van der Waals surface area contributed by atoms with Gasteiger partial charge >= 0.3 is 12.4 Å². The first-order valence-electron chi connectivity index (χ1n) is 13.1. The fraction of sp³-hybridized carbons (Fsp3) is 0.345. The van der Waals surface area contributed by atoms with Crippen LogP contribution in [0.4, 0.5) is 26.3 Å². The number of halogens is 6. The Kier molecular flexibility index (Phi) is 7.54. The number of hydrogen-bond donors (Lipinski definition) is 2. The molecule has 2 aliphatic rings. The molecule has 2 amide bonds. The van der Waals surface area contributed by atoms with Crippen LogP contribution >= 0.6 is 0 Å². The molecular weight excluding hydrogens is 564 g/mol. The number of carbonyl (C=O) groups is 2. The van der Waals surface area contributed by atoms with Crippen molar-refractivity contribution in [2.24, 2.45) is 0 Å². The van der Waals surface area contributed by atoms with Crippen LogP contribution in [-0.2, 0) is 15.1 Å². The molecule has 0 bridgehead atoms. The predicted molar refractivity (Wildman–Crippen MR) is 140 cm³/mol. The Morgan fingerprint density at radius 2 is 1.62 bits per heavy atom. The molecule has 42 heavy (non-hydrogen) atoms. The molecule has 2 aromatic heterocycles. The number of aryl methyl sites for hydroxylation is 1. The van der Waals surface area contributed by atoms with Crippen LogP contribution in [0.15, 0.2) is 60.6 Å². The Hall–Kier alpha value is -4.29. The summed E-state index contributed by atoms with van der Waals surface area (Å²) in [5.74, 6) is -1.75. The third-order valence-electron chi connectivity index (χ3n) is 7.35. The highest BCUT2D eigenvalue weighted by atomic mass is 19.4. The highest BCUT2D eigenvalue weighted by Gasteiger charge is 2.59. The molecule has 1 fully saturated rings. The van der Waals surface area contributed by atoms with Crippen LogP contribution in [0.1, 0.15) is 54.2 Å². The van der Waals surface area contributed by atoms with Gasteiger partial charge in [-0.15, -0.1) is 0 Å². The van der Waals surface area contributed by atoms with Gasteiger partial charge in [0.2, 0.25) is 11.8 Å². The molecule has 3 aromatic rings. The van der Waals surface area contributed by atoms with Gasteiger partial charge in [0.05, 0.1) is 5.69 Å². The van der Waals surface area contributed by atoms with Crippen molar-refractivity contribution < 1.29 is 35.9 Å². The SMILES string of the molecule is Cc1ncc(-c2ccc(C3(C(F)(F)F)CC(c4ccc(C5CC5)cn4)=C(CNC(=O)CC(F)(F)F)C(=O)N3)cc2)cn1. The Morgan fingerprint density at radius 3 is 2.17 bits per heavy atom. The van der Waals surface area contributed by atoms with E-state index in [2.05, 4.69) is 20.3 Å². The van der Waals surface area contributed by atoms with Crippen molar-refractivity contribution in [1.29, 1.82) is 0 Å². The molecule has 5 rings (SSSR count). The summed E-state index contributed by atoms with van der Waals surface area (Å²) in [6, 6.07) is 8.64. The van der Waals surface area contributed by atoms with Gasteiger partial charge in [-0.05, 0) is 54.0 Å². The first-order chi connectivity index (χ1) is 19.8. The number of carbonyl (C=O) groups excluding carboxylic acids is 2. The minimum atomic E-state index is -4.98. The highest BCUT2D eigenvalue weighted by molar-refractivity contribution is 6.04. The molecule has 2 N–H and O–H groups in total. The van der Waals surface area contributed by atoms with Crippen LogP contribution in [0.25, 0.3) is 16.7 Å². The van der Waals surface area contributed by atoms with E-state index in [0.717, 1.165) is 18.4 Å². The zero-order chi connectivity index (χ0) is 30.3. The molecule has 0 spiro atoms. The summed E-state index contributed by atoms with van der Waals surface area (Å²) >= 11 is 0. The van der Waals surface area contributed by atoms with Gasteiger partial charge in [-0.3, -0.25) is 14.6 Å². The molecule has 1 saturated carbocycles. The lowest BCUT2D eigenvalue weighted by molar-refractivity contribution is -0.201. The molecule has 3 heterocycles. The molecule has 0 saturated heterocycles. The molecule has 1 aromatic carbocycles. The summed E-state index contributed by atoms with van der Waals surface area (Å²) in [4.78, 5) is 37.7. The number of aromatic nitrogens is 3. The number of rotatable bonds is 7. The Morgan fingerprint density at radius 1 is 0.952 bits per heavy atom. The van der Waals surface area contributed by atoms with E-state index in [1.54, 1.807) is 13.0 Å². The van der Waals surface area contributed by atoms with Crippen molar-refractivity contribution in [2.45, 2.75) is 56.4 Å². The van der Waals surface area contributed by atoms with Crippen LogP contribution in [0.3, 0.4) is 0 Å². The van der Waals surface area contributed by atoms with Crippen molar-refractivity contribution in [3.05, 3.63) is 83.2 Å². The van der Waals surface area contributed by atoms with Crippen LogP contribution < -0.4 is 10.6 Å². The van der Waals surface area contributed by atoms with Crippen molar-refractivity contribution in [2.75, 3.05) is 6.54 Å². The molecule has 1 aliphatic heterocycles. The smallest absolute Gasteiger partial charge is 0.352 e. The quantitative estimate of drug-likeness (QED) is 0.354. The number of alkyl halides is 6. The molecule has 13 heteroatoms. The highest BCUT2D eigenvalue weighted by Crippen LogP contribution is 2.48. The number of pyridine rings is 1. The summed E-state index contributed by atoms with van der Waals surface area (Å²) in [5, 5.41) is 4.08. The van der Waals surface area contributed by atoms with E-state index < -0.39 is 49.1 Å². The van der Waals surface area contributed by atoms with Gasteiger partial charge in [0.15, 0.2) is 5.54 Å². The summed E-state index contributed by atoms with van der Waals surface area (Å²) in [7, 11) is 0. The van der Waals surface area contributed by atoms with Gasteiger partial charge in [-0.2, -0.15) is 26.3 Å². The van der Waals surface area contributed by atoms with E-state index in [1.807, 2.05) is 5.32 Å². The number of nitrogens with one attached hydrogen (secondary N) is 2. The lowest BCUT2D eigenvalue weighted by Gasteiger charge is -2.41. The van der Waals surface area contributed by atoms with E-state index in [9.17, 15) is 35.9 Å². The average molecular weight is 590 g/mol. The van der Waals surface area contributed by atoms with E-state index in [0.29, 0.717) is 22.9 Å². The molecule has 1 atom stereocenters. The average Bonchev–Trinajstić information content (AvgIpc) is 3.77. The largest absolute Gasteiger partial charge is 0.416 e. The Labute approximate surface area is 236 Å². The summed E-state index contributed by atoms with van der Waals surface area (Å²) < 4.78 is 82.9. The minimum Gasteiger partial charge on any atom is -0.352 e. The molecule has 1 aliphatic carbocycles. The van der Waals surface area contributed by atoms with Crippen molar-refractivity contribution in [1.82, 2.24) is 25.6 Å². The maximum absolute atomic E-state index is 14.9. The van der Waals surface area contributed by atoms with Gasteiger partial charge in [-0.1, -0.05) is 30.3 Å². The normalized spacial score (nSPS) is 19.5. The van der Waals surface area contributed by atoms with Gasteiger partial charge in [0.25, 0.3) is 0 Å². The molecule has 7 nitrogen and oxygen atoms in total. The monoisotopic (exact) mass is 589 g/mol. The first kappa shape index (κ1) is 29.2. The lowest BCUT2D eigenvalue weighted by atomic mass is 9.77. The molecule has 0 radical (unpaired) electrons. The fourth-order valence-corrected chi connectivity index (χ4v) is 4.93. The van der Waals surface area contributed by atoms with Crippen LogP contribution in [0.2, 0.25) is 0 Å². The zero-order valence-corrected chi connectivity index (χ0v) is 22.2. The van der Waals surface area contributed by atoms with Gasteiger partial charge < -0.3 is 10.6 Å². The summed E-state index contributed by atoms with van der Waals surface area (Å²) in [6.07, 6.45) is -5.84. The van der Waals surface area contributed by atoms with E-state index in [4.69, 9.17) is 0 Å². The van der Waals surface area contributed by atoms with Crippen LogP contribution in [0.5, 0.6) is 0 Å². The second kappa shape index (κ2) is 10.8. The summed E-state index contributed by atoms with van der Waals surface area (Å²) in [5.41, 5.74) is -1.45. The third kappa shape index (κ3) is 6.14. The van der Waals surface area contributed by atoms with Gasteiger partial charge in [0, 0.05) is 42.7 Å². The van der Waals surface area contributed by atoms with E-state index >= 15 is 0 Å². The first-order valence-corrected chi connectivity index (χ1v) is 13.1. The molecule has 1 unspecified atom stereocenters. The van der Waals surface area contributed by atoms with E-state index in [1.165, 1.54) is 48.9 Å². The van der Waals surface area contributed by atoms with Crippen molar-refractivity contribution >= 4 is 17.4 Å².